The van der Waals surface area contributed by atoms with E-state index in [0.717, 1.165) is 26.1 Å². The Balaban J connectivity index is 1.70. The third kappa shape index (κ3) is 3.28. The first-order valence-corrected chi connectivity index (χ1v) is 8.10. The number of rotatable bonds is 2. The Labute approximate surface area is 126 Å². The number of nitrogens with zero attached hydrogens (tertiary/aromatic N) is 4. The molecule has 2 atom stereocenters. The van der Waals surface area contributed by atoms with Gasteiger partial charge < -0.3 is 4.90 Å². The van der Waals surface area contributed by atoms with E-state index in [-0.39, 0.29) is 5.91 Å². The normalized spacial score (nSPS) is 27.2. The van der Waals surface area contributed by atoms with E-state index in [0.29, 0.717) is 12.0 Å². The van der Waals surface area contributed by atoms with Gasteiger partial charge >= 0.3 is 0 Å². The van der Waals surface area contributed by atoms with Crippen molar-refractivity contribution in [2.45, 2.75) is 45.2 Å². The van der Waals surface area contributed by atoms with Gasteiger partial charge in [0.15, 0.2) is 0 Å². The SMILES string of the molecule is CC(=O)N1CC[C@@H]2[C@H](CCCCN2Cc2cnn(C)c2)C1. The van der Waals surface area contributed by atoms with Crippen molar-refractivity contribution in [1.29, 1.82) is 0 Å². The lowest BCUT2D eigenvalue weighted by molar-refractivity contribution is -0.131. The molecule has 1 aromatic rings. The van der Waals surface area contributed by atoms with Crippen molar-refractivity contribution in [3.8, 4) is 0 Å². The van der Waals surface area contributed by atoms with E-state index < -0.39 is 0 Å². The third-order valence-corrected chi connectivity index (χ3v) is 5.02. The highest BCUT2D eigenvalue weighted by molar-refractivity contribution is 5.73. The molecule has 5 heteroatoms. The van der Waals surface area contributed by atoms with Crippen LogP contribution in [0.25, 0.3) is 0 Å². The van der Waals surface area contributed by atoms with Crippen LogP contribution in [0.15, 0.2) is 12.4 Å². The summed E-state index contributed by atoms with van der Waals surface area (Å²) in [5, 5.41) is 4.28. The van der Waals surface area contributed by atoms with Gasteiger partial charge in [-0.25, -0.2) is 0 Å². The van der Waals surface area contributed by atoms with Crippen LogP contribution in [0, 0.1) is 5.92 Å². The Bertz CT molecular complexity index is 498. The second-order valence-corrected chi connectivity index (χ2v) is 6.57. The zero-order valence-electron chi connectivity index (χ0n) is 13.2. The minimum absolute atomic E-state index is 0.233. The molecule has 2 aliphatic heterocycles. The van der Waals surface area contributed by atoms with Gasteiger partial charge in [0.1, 0.15) is 0 Å². The zero-order valence-corrected chi connectivity index (χ0v) is 13.2. The zero-order chi connectivity index (χ0) is 14.8. The average Bonchev–Trinajstić information content (AvgIpc) is 2.76. The van der Waals surface area contributed by atoms with E-state index in [4.69, 9.17) is 0 Å². The first kappa shape index (κ1) is 14.6. The smallest absolute Gasteiger partial charge is 0.219 e. The molecule has 0 saturated carbocycles. The van der Waals surface area contributed by atoms with Crippen LogP contribution in [-0.4, -0.2) is 51.2 Å². The monoisotopic (exact) mass is 290 g/mol. The average molecular weight is 290 g/mol. The van der Waals surface area contributed by atoms with Crippen LogP contribution in [0.2, 0.25) is 0 Å². The summed E-state index contributed by atoms with van der Waals surface area (Å²) in [6, 6.07) is 0.628. The van der Waals surface area contributed by atoms with Gasteiger partial charge in [0, 0.05) is 51.4 Å². The van der Waals surface area contributed by atoms with E-state index >= 15 is 0 Å². The molecule has 3 heterocycles. The van der Waals surface area contributed by atoms with E-state index in [9.17, 15) is 4.79 Å². The van der Waals surface area contributed by atoms with Crippen LogP contribution in [0.3, 0.4) is 0 Å². The molecule has 0 spiro atoms. The quantitative estimate of drug-likeness (QED) is 0.831. The fourth-order valence-corrected chi connectivity index (χ4v) is 3.94. The van der Waals surface area contributed by atoms with Gasteiger partial charge in [0.05, 0.1) is 6.20 Å². The number of amides is 1. The molecule has 116 valence electrons. The lowest BCUT2D eigenvalue weighted by Crippen LogP contribution is -2.51. The molecule has 0 bridgehead atoms. The maximum Gasteiger partial charge on any atom is 0.219 e. The topological polar surface area (TPSA) is 41.4 Å². The lowest BCUT2D eigenvalue weighted by Gasteiger charge is -2.42. The Morgan fingerprint density at radius 1 is 1.33 bits per heavy atom. The van der Waals surface area contributed by atoms with E-state index in [1.54, 1.807) is 6.92 Å². The molecule has 3 rings (SSSR count). The van der Waals surface area contributed by atoms with Gasteiger partial charge in [-0.05, 0) is 31.7 Å². The van der Waals surface area contributed by atoms with E-state index in [2.05, 4.69) is 16.2 Å². The van der Waals surface area contributed by atoms with Crippen LogP contribution in [-0.2, 0) is 18.4 Å². The Morgan fingerprint density at radius 2 is 2.19 bits per heavy atom. The number of hydrogen-bond donors (Lipinski definition) is 0. The van der Waals surface area contributed by atoms with Crippen LogP contribution in [0.5, 0.6) is 0 Å². The third-order valence-electron chi connectivity index (χ3n) is 5.02. The summed E-state index contributed by atoms with van der Waals surface area (Å²) in [6.45, 7) is 5.74. The Hall–Kier alpha value is -1.36. The highest BCUT2D eigenvalue weighted by atomic mass is 16.2. The minimum Gasteiger partial charge on any atom is -0.343 e. The number of likely N-dealkylation sites (tertiary alicyclic amines) is 2. The maximum absolute atomic E-state index is 11.6. The van der Waals surface area contributed by atoms with E-state index in [1.807, 2.05) is 22.8 Å². The standard InChI is InChI=1S/C16H26N4O/c1-13(21)19-8-6-16-15(12-19)5-3-4-7-20(16)11-14-9-17-18(2)10-14/h9-10,15-16H,3-8,11-12H2,1-2H3/t15-,16-/m1/s1. The molecule has 0 N–H and O–H groups in total. The van der Waals surface area contributed by atoms with E-state index in [1.165, 1.54) is 31.4 Å². The molecule has 1 amide bonds. The molecule has 0 unspecified atom stereocenters. The van der Waals surface area contributed by atoms with Gasteiger partial charge in [-0.2, -0.15) is 5.10 Å². The van der Waals surface area contributed by atoms with Crippen LogP contribution >= 0.6 is 0 Å². The Kier molecular flexibility index (Phi) is 4.29. The molecule has 2 aliphatic rings. The number of carbonyl (C=O) groups excluding carboxylic acids is 1. The molecule has 0 aromatic carbocycles. The fourth-order valence-electron chi connectivity index (χ4n) is 3.94. The molecular formula is C16H26N4O. The van der Waals surface area contributed by atoms with Crippen molar-refractivity contribution in [2.24, 2.45) is 13.0 Å². The number of carbonyl (C=O) groups is 1. The maximum atomic E-state index is 11.6. The molecule has 1 aromatic heterocycles. The first-order valence-electron chi connectivity index (χ1n) is 8.10. The summed E-state index contributed by atoms with van der Waals surface area (Å²) in [5.41, 5.74) is 1.30. The number of hydrogen-bond acceptors (Lipinski definition) is 3. The fraction of sp³-hybridized carbons (Fsp3) is 0.750. The predicted octanol–water partition coefficient (Wildman–Crippen LogP) is 1.64. The predicted molar refractivity (Wildman–Crippen MR) is 81.6 cm³/mol. The highest BCUT2D eigenvalue weighted by Crippen LogP contribution is 2.30. The molecule has 0 aliphatic carbocycles. The summed E-state index contributed by atoms with van der Waals surface area (Å²) in [4.78, 5) is 16.3. The van der Waals surface area contributed by atoms with Gasteiger partial charge in [-0.15, -0.1) is 0 Å². The highest BCUT2D eigenvalue weighted by Gasteiger charge is 2.35. The van der Waals surface area contributed by atoms with Crippen molar-refractivity contribution in [1.82, 2.24) is 19.6 Å². The second kappa shape index (κ2) is 6.18. The summed E-state index contributed by atoms with van der Waals surface area (Å²) in [7, 11) is 1.97. The molecular weight excluding hydrogens is 264 g/mol. The summed E-state index contributed by atoms with van der Waals surface area (Å²) in [6.07, 6.45) is 9.03. The molecule has 21 heavy (non-hydrogen) atoms. The van der Waals surface area contributed by atoms with Crippen molar-refractivity contribution >= 4 is 5.91 Å². The van der Waals surface area contributed by atoms with Gasteiger partial charge in [-0.3, -0.25) is 14.4 Å². The minimum atomic E-state index is 0.233. The molecule has 2 fully saturated rings. The number of aryl methyl sites for hydroxylation is 1. The van der Waals surface area contributed by atoms with Gasteiger partial charge in [0.2, 0.25) is 5.91 Å². The lowest BCUT2D eigenvalue weighted by atomic mass is 9.88. The number of aromatic nitrogens is 2. The molecule has 5 nitrogen and oxygen atoms in total. The summed E-state index contributed by atoms with van der Waals surface area (Å²) in [5.74, 6) is 0.873. The van der Waals surface area contributed by atoms with Gasteiger partial charge in [-0.1, -0.05) is 6.42 Å². The van der Waals surface area contributed by atoms with Crippen molar-refractivity contribution in [2.75, 3.05) is 19.6 Å². The van der Waals surface area contributed by atoms with Crippen molar-refractivity contribution in [3.63, 3.8) is 0 Å². The summed E-state index contributed by atoms with van der Waals surface area (Å²) >= 11 is 0. The van der Waals surface area contributed by atoms with Crippen LogP contribution in [0.4, 0.5) is 0 Å². The number of piperidine rings is 1. The first-order chi connectivity index (χ1) is 10.1. The largest absolute Gasteiger partial charge is 0.343 e. The van der Waals surface area contributed by atoms with Crippen LogP contribution < -0.4 is 0 Å². The summed E-state index contributed by atoms with van der Waals surface area (Å²) < 4.78 is 1.88. The van der Waals surface area contributed by atoms with Crippen molar-refractivity contribution in [3.05, 3.63) is 18.0 Å². The van der Waals surface area contributed by atoms with Gasteiger partial charge in [0.25, 0.3) is 0 Å². The molecule has 2 saturated heterocycles. The van der Waals surface area contributed by atoms with Crippen molar-refractivity contribution < 1.29 is 4.79 Å². The number of fused-ring (bicyclic) bond motifs is 1. The van der Waals surface area contributed by atoms with Crippen LogP contribution in [0.1, 0.15) is 38.2 Å². The molecule has 0 radical (unpaired) electrons. The Morgan fingerprint density at radius 3 is 2.90 bits per heavy atom. The second-order valence-electron chi connectivity index (χ2n) is 6.57.